The summed E-state index contributed by atoms with van der Waals surface area (Å²) in [5.41, 5.74) is 3.18. The van der Waals surface area contributed by atoms with E-state index in [9.17, 15) is 14.7 Å². The van der Waals surface area contributed by atoms with E-state index in [0.29, 0.717) is 0 Å². The van der Waals surface area contributed by atoms with Crippen LogP contribution in [0.1, 0.15) is 6.42 Å². The zero-order valence-corrected chi connectivity index (χ0v) is 9.57. The normalized spacial score (nSPS) is 31.7. The van der Waals surface area contributed by atoms with Gasteiger partial charge in [0.05, 0.1) is 12.7 Å². The first-order valence-electron chi connectivity index (χ1n) is 5.52. The predicted molar refractivity (Wildman–Crippen MR) is 60.9 cm³/mol. The topological polar surface area (TPSA) is 131 Å². The number of aromatic amines is 1. The molecule has 18 heavy (non-hydrogen) atoms. The summed E-state index contributed by atoms with van der Waals surface area (Å²) in [6.45, 7) is -0.437. The lowest BCUT2D eigenvalue weighted by Gasteiger charge is -2.29. The van der Waals surface area contributed by atoms with Crippen LogP contribution in [0.3, 0.4) is 0 Å². The van der Waals surface area contributed by atoms with E-state index in [1.54, 1.807) is 0 Å². The summed E-state index contributed by atoms with van der Waals surface area (Å²) < 4.78 is 6.61. The van der Waals surface area contributed by atoms with Crippen molar-refractivity contribution in [1.82, 2.24) is 9.55 Å². The summed E-state index contributed by atoms with van der Waals surface area (Å²) in [6.07, 6.45) is -0.383. The van der Waals surface area contributed by atoms with E-state index < -0.39 is 29.2 Å². The average Bonchev–Trinajstić information content (AvgIpc) is 2.67. The second kappa shape index (κ2) is 4.65. The number of aliphatic hydroxyl groups excluding tert-OH is 2. The first-order valence-corrected chi connectivity index (χ1v) is 5.52. The van der Waals surface area contributed by atoms with E-state index in [1.165, 1.54) is 12.3 Å². The van der Waals surface area contributed by atoms with Gasteiger partial charge in [-0.05, 0) is 0 Å². The standard InChI is InChI=1S/C10H15N3O5/c11-5-10(3-6(15)7(4-14)18-10)13-2-1-8(16)12-9(13)17/h1-2,6-7,14-15H,3-5,11H2,(H,12,16,17)/t6-,7+,10-/m0/s1. The van der Waals surface area contributed by atoms with Crippen LogP contribution in [0.25, 0.3) is 0 Å². The second-order valence-corrected chi connectivity index (χ2v) is 4.24. The number of nitrogens with two attached hydrogens (primary N) is 1. The van der Waals surface area contributed by atoms with E-state index in [-0.39, 0.29) is 19.6 Å². The molecular formula is C10H15N3O5. The van der Waals surface area contributed by atoms with Crippen LogP contribution in [0.5, 0.6) is 0 Å². The molecule has 0 saturated carbocycles. The van der Waals surface area contributed by atoms with Gasteiger partial charge < -0.3 is 20.7 Å². The summed E-state index contributed by atoms with van der Waals surface area (Å²) in [7, 11) is 0. The summed E-state index contributed by atoms with van der Waals surface area (Å²) in [5, 5.41) is 18.8. The van der Waals surface area contributed by atoms with Crippen LogP contribution in [0, 0.1) is 0 Å². The van der Waals surface area contributed by atoms with Crippen LogP contribution in [-0.4, -0.2) is 45.1 Å². The zero-order valence-electron chi connectivity index (χ0n) is 9.57. The predicted octanol–water partition coefficient (Wildman–Crippen LogP) is -2.71. The minimum Gasteiger partial charge on any atom is -0.394 e. The minimum absolute atomic E-state index is 0.0630. The molecule has 3 atom stereocenters. The Bertz CT molecular complexity index is 539. The highest BCUT2D eigenvalue weighted by Gasteiger charge is 2.46. The van der Waals surface area contributed by atoms with Crippen molar-refractivity contribution in [3.63, 3.8) is 0 Å². The smallest absolute Gasteiger partial charge is 0.330 e. The van der Waals surface area contributed by atoms with Crippen molar-refractivity contribution in [1.29, 1.82) is 0 Å². The van der Waals surface area contributed by atoms with Gasteiger partial charge in [0.1, 0.15) is 6.10 Å². The Kier molecular flexibility index (Phi) is 3.35. The first kappa shape index (κ1) is 13.0. The van der Waals surface area contributed by atoms with E-state index in [0.717, 1.165) is 4.57 Å². The number of hydrogen-bond donors (Lipinski definition) is 4. The van der Waals surface area contributed by atoms with Crippen molar-refractivity contribution in [2.24, 2.45) is 5.73 Å². The second-order valence-electron chi connectivity index (χ2n) is 4.24. The largest absolute Gasteiger partial charge is 0.394 e. The quantitative estimate of drug-likeness (QED) is 0.465. The van der Waals surface area contributed by atoms with E-state index >= 15 is 0 Å². The van der Waals surface area contributed by atoms with Crippen molar-refractivity contribution in [2.45, 2.75) is 24.4 Å². The van der Waals surface area contributed by atoms with Gasteiger partial charge in [0.15, 0.2) is 5.72 Å². The van der Waals surface area contributed by atoms with Gasteiger partial charge in [0, 0.05) is 25.2 Å². The molecule has 2 heterocycles. The first-order chi connectivity index (χ1) is 8.52. The van der Waals surface area contributed by atoms with Gasteiger partial charge in [-0.25, -0.2) is 4.79 Å². The van der Waals surface area contributed by atoms with Gasteiger partial charge >= 0.3 is 5.69 Å². The number of rotatable bonds is 3. The van der Waals surface area contributed by atoms with Gasteiger partial charge in [-0.2, -0.15) is 0 Å². The average molecular weight is 257 g/mol. The van der Waals surface area contributed by atoms with E-state index in [2.05, 4.69) is 4.98 Å². The van der Waals surface area contributed by atoms with Crippen molar-refractivity contribution >= 4 is 0 Å². The third-order valence-electron chi connectivity index (χ3n) is 3.09. The van der Waals surface area contributed by atoms with Crippen LogP contribution in [0.2, 0.25) is 0 Å². The Hall–Kier alpha value is -1.48. The molecule has 0 aromatic carbocycles. The molecular weight excluding hydrogens is 242 g/mol. The maximum atomic E-state index is 11.7. The molecule has 0 bridgehead atoms. The van der Waals surface area contributed by atoms with E-state index in [4.69, 9.17) is 15.6 Å². The van der Waals surface area contributed by atoms with Crippen LogP contribution in [0.15, 0.2) is 21.9 Å². The molecule has 0 aliphatic carbocycles. The highest BCUT2D eigenvalue weighted by molar-refractivity contribution is 4.96. The molecule has 1 aliphatic heterocycles. The number of aromatic nitrogens is 2. The van der Waals surface area contributed by atoms with Crippen LogP contribution in [-0.2, 0) is 10.5 Å². The van der Waals surface area contributed by atoms with Crippen molar-refractivity contribution in [3.8, 4) is 0 Å². The molecule has 0 unspecified atom stereocenters. The minimum atomic E-state index is -1.24. The summed E-state index contributed by atoms with van der Waals surface area (Å²) in [4.78, 5) is 24.8. The van der Waals surface area contributed by atoms with Crippen molar-refractivity contribution < 1.29 is 14.9 Å². The number of nitrogens with zero attached hydrogens (tertiary/aromatic N) is 1. The Morgan fingerprint density at radius 2 is 2.33 bits per heavy atom. The monoisotopic (exact) mass is 257 g/mol. The van der Waals surface area contributed by atoms with Gasteiger partial charge in [0.2, 0.25) is 0 Å². The lowest BCUT2D eigenvalue weighted by molar-refractivity contribution is -0.113. The highest BCUT2D eigenvalue weighted by Crippen LogP contribution is 2.32. The molecule has 2 rings (SSSR count). The molecule has 1 saturated heterocycles. The molecule has 1 aliphatic rings. The molecule has 100 valence electrons. The SMILES string of the molecule is NC[C@]1(n2ccc(=O)[nH]c2=O)C[C@H](O)[C@@H](CO)O1. The number of nitrogens with one attached hydrogen (secondary N) is 1. The molecule has 8 heteroatoms. The fourth-order valence-electron chi connectivity index (χ4n) is 2.15. The fourth-order valence-corrected chi connectivity index (χ4v) is 2.15. The Morgan fingerprint density at radius 3 is 2.83 bits per heavy atom. The van der Waals surface area contributed by atoms with Gasteiger partial charge in [-0.1, -0.05) is 0 Å². The molecule has 1 fully saturated rings. The van der Waals surface area contributed by atoms with Crippen LogP contribution in [0.4, 0.5) is 0 Å². The third kappa shape index (κ3) is 1.99. The number of ether oxygens (including phenoxy) is 1. The van der Waals surface area contributed by atoms with Gasteiger partial charge in [-0.3, -0.25) is 14.3 Å². The maximum absolute atomic E-state index is 11.7. The molecule has 1 aromatic heterocycles. The molecule has 1 aromatic rings. The summed E-state index contributed by atoms with van der Waals surface area (Å²) in [5.74, 6) is 0. The van der Waals surface area contributed by atoms with E-state index in [1.807, 2.05) is 0 Å². The van der Waals surface area contributed by atoms with Crippen molar-refractivity contribution in [2.75, 3.05) is 13.2 Å². The zero-order chi connectivity index (χ0) is 13.3. The van der Waals surface area contributed by atoms with Crippen molar-refractivity contribution in [3.05, 3.63) is 33.1 Å². The number of hydrogen-bond acceptors (Lipinski definition) is 6. The lowest BCUT2D eigenvalue weighted by atomic mass is 10.1. The fraction of sp³-hybridized carbons (Fsp3) is 0.600. The lowest BCUT2D eigenvalue weighted by Crippen LogP contribution is -2.48. The third-order valence-corrected chi connectivity index (χ3v) is 3.09. The van der Waals surface area contributed by atoms with Gasteiger partial charge in [0.25, 0.3) is 5.56 Å². The Balaban J connectivity index is 2.46. The molecule has 0 amide bonds. The van der Waals surface area contributed by atoms with Gasteiger partial charge in [-0.15, -0.1) is 0 Å². The van der Waals surface area contributed by atoms with Crippen LogP contribution < -0.4 is 17.0 Å². The maximum Gasteiger partial charge on any atom is 0.330 e. The number of H-pyrrole nitrogens is 1. The summed E-state index contributed by atoms with van der Waals surface area (Å²) >= 11 is 0. The molecule has 0 spiro atoms. The summed E-state index contributed by atoms with van der Waals surface area (Å²) in [6, 6.07) is 1.17. The number of aliphatic hydroxyl groups is 2. The van der Waals surface area contributed by atoms with Crippen LogP contribution >= 0.6 is 0 Å². The molecule has 8 nitrogen and oxygen atoms in total. The molecule has 5 N–H and O–H groups in total. The molecule has 0 radical (unpaired) electrons. The Morgan fingerprint density at radius 1 is 1.61 bits per heavy atom. The highest BCUT2D eigenvalue weighted by atomic mass is 16.6. The Labute approximate surface area is 102 Å².